The highest BCUT2D eigenvalue weighted by Crippen LogP contribution is 2.06. The van der Waals surface area contributed by atoms with Gasteiger partial charge in [-0.05, 0) is 219 Å². The van der Waals surface area contributed by atoms with Gasteiger partial charge in [-0.3, -0.25) is 4.90 Å². The monoisotopic (exact) mass is 1190 g/mol. The van der Waals surface area contributed by atoms with Crippen LogP contribution in [0.4, 0.5) is 0 Å². The molecular formula is C73H127N13. The molecule has 13 nitrogen and oxygen atoms in total. The van der Waals surface area contributed by atoms with Crippen LogP contribution in [0, 0.1) is 0 Å². The Morgan fingerprint density at radius 3 is 0.767 bits per heavy atom. The lowest BCUT2D eigenvalue weighted by atomic mass is 10.1. The predicted molar refractivity (Wildman–Crippen MR) is 378 cm³/mol. The average Bonchev–Trinajstić information content (AvgIpc) is 4.44. The average molecular weight is 1190 g/mol. The second kappa shape index (κ2) is 55.7. The second-order valence-electron chi connectivity index (χ2n) is 23.7. The Balaban J connectivity index is 0.000000466. The van der Waals surface area contributed by atoms with Gasteiger partial charge in [-0.1, -0.05) is 103 Å². The maximum absolute atomic E-state index is 2.84. The van der Waals surface area contributed by atoms with Gasteiger partial charge in [0.2, 0.25) is 0 Å². The fourth-order valence-electron chi connectivity index (χ4n) is 8.85. The molecule has 12 aliphatic heterocycles. The van der Waals surface area contributed by atoms with Crippen molar-refractivity contribution >= 4 is 0 Å². The molecule has 2 saturated heterocycles. The van der Waals surface area contributed by atoms with Crippen LogP contribution in [0.25, 0.3) is 0 Å². The summed E-state index contributed by atoms with van der Waals surface area (Å²) in [4.78, 5) is 26.5. The smallest absolute Gasteiger partial charge is 0.0509 e. The van der Waals surface area contributed by atoms with Gasteiger partial charge >= 0.3 is 0 Å². The number of likely N-dealkylation sites (N-methyl/N-ethyl adjacent to an activating group) is 4. The van der Waals surface area contributed by atoms with E-state index in [-0.39, 0.29) is 0 Å². The molecule has 13 heterocycles. The van der Waals surface area contributed by atoms with Crippen molar-refractivity contribution in [1.29, 1.82) is 0 Å². The Morgan fingerprint density at radius 1 is 0.256 bits per heavy atom. The molecule has 0 saturated carbocycles. The molecule has 484 valence electrons. The lowest BCUT2D eigenvalue weighted by Gasteiger charge is -2.20. The number of piperidine rings is 1. The summed E-state index contributed by atoms with van der Waals surface area (Å²) in [7, 11) is 27.2. The Morgan fingerprint density at radius 2 is 0.616 bits per heavy atom. The molecule has 0 spiro atoms. The van der Waals surface area contributed by atoms with Gasteiger partial charge in [0.05, 0.1) is 6.20 Å². The normalized spacial score (nSPS) is 20.1. The van der Waals surface area contributed by atoms with Crippen LogP contribution in [0.5, 0.6) is 0 Å². The summed E-state index contributed by atoms with van der Waals surface area (Å²) in [5, 5.41) is 0. The summed E-state index contributed by atoms with van der Waals surface area (Å²) < 4.78 is 2.00. The van der Waals surface area contributed by atoms with Gasteiger partial charge in [0.1, 0.15) is 0 Å². The Hall–Kier alpha value is -5.88. The van der Waals surface area contributed by atoms with Gasteiger partial charge in [-0.2, -0.15) is 0 Å². The third-order valence-corrected chi connectivity index (χ3v) is 14.4. The maximum atomic E-state index is 2.84. The van der Waals surface area contributed by atoms with Gasteiger partial charge in [-0.25, -0.2) is 0 Å². The van der Waals surface area contributed by atoms with Crippen molar-refractivity contribution in [2.75, 3.05) is 183 Å². The van der Waals surface area contributed by atoms with Crippen LogP contribution < -0.4 is 0 Å². The number of rotatable bonds is 0. The molecule has 13 heteroatoms. The molecular weight excluding hydrogens is 1060 g/mol. The number of likely N-dealkylation sites (tertiary alicyclic amines) is 2. The van der Waals surface area contributed by atoms with E-state index in [1.807, 2.05) is 84.3 Å². The van der Waals surface area contributed by atoms with Crippen molar-refractivity contribution in [3.05, 3.63) is 183 Å². The summed E-state index contributed by atoms with van der Waals surface area (Å²) in [6.07, 6.45) is 74.5. The van der Waals surface area contributed by atoms with E-state index in [0.717, 1.165) is 45.6 Å². The number of hydrogen-bond donors (Lipinski definition) is 0. The molecule has 86 heavy (non-hydrogen) atoms. The van der Waals surface area contributed by atoms with Crippen LogP contribution in [0.3, 0.4) is 0 Å². The van der Waals surface area contributed by atoms with E-state index >= 15 is 0 Å². The minimum Gasteiger partial charge on any atom is -0.381 e. The van der Waals surface area contributed by atoms with Crippen molar-refractivity contribution in [2.24, 2.45) is 7.05 Å². The molecule has 0 amide bonds. The zero-order valence-electron chi connectivity index (χ0n) is 57.2. The first kappa shape index (κ1) is 78.1. The molecule has 0 N–H and O–H groups in total. The first-order valence-electron chi connectivity index (χ1n) is 32.5. The minimum atomic E-state index is 0.965. The van der Waals surface area contributed by atoms with Gasteiger partial charge in [0, 0.05) is 141 Å². The van der Waals surface area contributed by atoms with Crippen LogP contribution in [0.15, 0.2) is 183 Å². The van der Waals surface area contributed by atoms with Gasteiger partial charge in [-0.15, -0.1) is 0 Å². The van der Waals surface area contributed by atoms with Crippen molar-refractivity contribution in [3.63, 3.8) is 0 Å². The Kier molecular flexibility index (Phi) is 50.6. The molecule has 1 aromatic rings. The SMILES string of the molecule is CN1C=C=C=CC1.CN1C=CCC1.CN1C=CCC1.CN1C=CCC=C1.CN1C=CCC=C1.CN1C=CCCC1.CN1C=CCCC1.CN1CC=CC1.CN1CC=CCC1.CN1CC=CCC1.CN1CCCC1.CN1CCCCC1.Cn1cccc1. The molecule has 0 radical (unpaired) electrons. The molecule has 13 rings (SSSR count). The molecule has 0 aliphatic carbocycles. The molecule has 0 aromatic carbocycles. The summed E-state index contributed by atoms with van der Waals surface area (Å²) in [5.41, 5.74) is 5.67. The molecule has 0 unspecified atom stereocenters. The van der Waals surface area contributed by atoms with Crippen LogP contribution in [0.1, 0.15) is 96.3 Å². The van der Waals surface area contributed by atoms with Crippen molar-refractivity contribution in [2.45, 2.75) is 96.3 Å². The van der Waals surface area contributed by atoms with Crippen LogP contribution in [0.2, 0.25) is 0 Å². The van der Waals surface area contributed by atoms with Crippen LogP contribution in [-0.2, 0) is 7.05 Å². The third kappa shape index (κ3) is 53.6. The van der Waals surface area contributed by atoms with E-state index < -0.39 is 0 Å². The van der Waals surface area contributed by atoms with Crippen molar-refractivity contribution in [3.8, 4) is 0 Å². The van der Waals surface area contributed by atoms with Gasteiger partial charge < -0.3 is 58.5 Å². The lowest BCUT2D eigenvalue weighted by molar-refractivity contribution is 0.277. The number of hydrogen-bond acceptors (Lipinski definition) is 12. The standard InChI is InChI=1S/C6H13N.4C6H11N.2C6H9N.C6H7N.C5H11N.3C5H9N.C5H7N/c8*1-7-5-3-2-4-6-7;5*1-6-4-2-3-5-6/h2-6H2,1H3;2*3,5H,2,4,6H2,1H3;2*2-3H,4-6H2,1H3;2*3-6H,2H2,1H3;3,6H,5H2,1H3;2-5H2,1H3;2*2,4H,3,5H2,1H3;2-3H,4-5H2,1H3;2-5H,1H3. The predicted octanol–water partition coefficient (Wildman–Crippen LogP) is 12.7. The topological polar surface area (TPSA) is 43.8 Å². The lowest BCUT2D eigenvalue weighted by Crippen LogP contribution is -2.24. The minimum absolute atomic E-state index is 0.965. The van der Waals surface area contributed by atoms with Crippen LogP contribution in [-0.4, -0.2) is 246 Å². The van der Waals surface area contributed by atoms with E-state index in [9.17, 15) is 0 Å². The fraction of sp³-hybridized carbons (Fsp3) is 0.589. The Labute approximate surface area is 529 Å². The van der Waals surface area contributed by atoms with Crippen LogP contribution >= 0.6 is 0 Å². The van der Waals surface area contributed by atoms with Gasteiger partial charge in [0.25, 0.3) is 0 Å². The van der Waals surface area contributed by atoms with Gasteiger partial charge in [0.15, 0.2) is 0 Å². The zero-order valence-corrected chi connectivity index (χ0v) is 57.2. The fourth-order valence-corrected chi connectivity index (χ4v) is 8.85. The Bertz CT molecular complexity index is 2030. The highest BCUT2D eigenvalue weighted by Gasteiger charge is 2.04. The van der Waals surface area contributed by atoms with E-state index in [1.54, 1.807) is 0 Å². The third-order valence-electron chi connectivity index (χ3n) is 14.4. The summed E-state index contributed by atoms with van der Waals surface area (Å²) in [5.74, 6) is 0. The number of aromatic nitrogens is 1. The van der Waals surface area contributed by atoms with Crippen molar-refractivity contribution < 1.29 is 0 Å². The van der Waals surface area contributed by atoms with E-state index in [0.29, 0.717) is 0 Å². The summed E-state index contributed by atoms with van der Waals surface area (Å²) in [6, 6.07) is 4.00. The molecule has 0 atom stereocenters. The molecule has 2 fully saturated rings. The second-order valence-corrected chi connectivity index (χ2v) is 23.7. The summed E-state index contributed by atoms with van der Waals surface area (Å²) in [6.45, 7) is 18.1. The number of nitrogens with zero attached hydrogens (tertiary/aromatic N) is 13. The first-order valence-corrected chi connectivity index (χ1v) is 32.5. The largest absolute Gasteiger partial charge is 0.381 e. The van der Waals surface area contributed by atoms with Crippen molar-refractivity contribution in [1.82, 2.24) is 63.4 Å². The molecule has 1 aromatic heterocycles. The number of aryl methyl sites for hydroxylation is 1. The van der Waals surface area contributed by atoms with E-state index in [2.05, 4.69) is 254 Å². The summed E-state index contributed by atoms with van der Waals surface area (Å²) >= 11 is 0. The highest BCUT2D eigenvalue weighted by atomic mass is 15.1. The quantitative estimate of drug-likeness (QED) is 0.184. The highest BCUT2D eigenvalue weighted by molar-refractivity contribution is 5.01. The first-order chi connectivity index (χ1) is 41.6. The van der Waals surface area contributed by atoms with E-state index in [4.69, 9.17) is 0 Å². The molecule has 12 aliphatic rings. The van der Waals surface area contributed by atoms with E-state index in [1.165, 1.54) is 149 Å². The number of allylic oxidation sites excluding steroid dienone is 6. The molecule has 0 bridgehead atoms. The zero-order chi connectivity index (χ0) is 62.9. The maximum Gasteiger partial charge on any atom is 0.0509 e.